The average molecular weight is 311 g/mol. The zero-order valence-electron chi connectivity index (χ0n) is 10.6. The number of nitrogens with one attached hydrogen (secondary N) is 1. The SMILES string of the molecule is CCC(CC1CC1)NC(=O)c1cccc(N)c1Br. The number of rotatable bonds is 5. The largest absolute Gasteiger partial charge is 0.398 e. The molecule has 1 atom stereocenters. The molecule has 1 aliphatic rings. The number of carbonyl (C=O) groups excluding carboxylic acids is 1. The van der Waals surface area contributed by atoms with Gasteiger partial charge in [0, 0.05) is 11.7 Å². The van der Waals surface area contributed by atoms with E-state index in [2.05, 4.69) is 28.2 Å². The van der Waals surface area contributed by atoms with Crippen molar-refractivity contribution in [3.63, 3.8) is 0 Å². The maximum Gasteiger partial charge on any atom is 0.252 e. The van der Waals surface area contributed by atoms with E-state index >= 15 is 0 Å². The Hall–Kier alpha value is -1.03. The van der Waals surface area contributed by atoms with E-state index in [1.54, 1.807) is 18.2 Å². The zero-order valence-corrected chi connectivity index (χ0v) is 12.2. The summed E-state index contributed by atoms with van der Waals surface area (Å²) in [5.74, 6) is 0.779. The van der Waals surface area contributed by atoms with E-state index in [4.69, 9.17) is 5.73 Å². The molecule has 1 amide bonds. The molecule has 0 bridgehead atoms. The van der Waals surface area contributed by atoms with Crippen LogP contribution in [0.15, 0.2) is 22.7 Å². The van der Waals surface area contributed by atoms with Crippen LogP contribution in [0.25, 0.3) is 0 Å². The number of carbonyl (C=O) groups is 1. The van der Waals surface area contributed by atoms with Crippen LogP contribution in [0.5, 0.6) is 0 Å². The van der Waals surface area contributed by atoms with Gasteiger partial charge in [0.25, 0.3) is 5.91 Å². The molecule has 1 fully saturated rings. The molecule has 1 saturated carbocycles. The molecule has 1 unspecified atom stereocenters. The number of benzene rings is 1. The van der Waals surface area contributed by atoms with Crippen LogP contribution in [-0.2, 0) is 0 Å². The van der Waals surface area contributed by atoms with Crippen molar-refractivity contribution in [2.45, 2.75) is 38.6 Å². The van der Waals surface area contributed by atoms with Crippen molar-refractivity contribution in [1.29, 1.82) is 0 Å². The molecule has 0 spiro atoms. The van der Waals surface area contributed by atoms with Gasteiger partial charge in [-0.15, -0.1) is 0 Å². The zero-order chi connectivity index (χ0) is 13.1. The minimum Gasteiger partial charge on any atom is -0.398 e. The first-order valence-electron chi connectivity index (χ1n) is 6.46. The van der Waals surface area contributed by atoms with Gasteiger partial charge < -0.3 is 11.1 Å². The minimum atomic E-state index is -0.0401. The Kier molecular flexibility index (Phi) is 4.27. The van der Waals surface area contributed by atoms with E-state index in [9.17, 15) is 4.79 Å². The highest BCUT2D eigenvalue weighted by Crippen LogP contribution is 2.34. The first kappa shape index (κ1) is 13.4. The van der Waals surface area contributed by atoms with Crippen LogP contribution in [0.4, 0.5) is 5.69 Å². The maximum absolute atomic E-state index is 12.2. The van der Waals surface area contributed by atoms with Crippen molar-refractivity contribution in [2.75, 3.05) is 5.73 Å². The number of nitrogens with two attached hydrogens (primary N) is 1. The van der Waals surface area contributed by atoms with Crippen LogP contribution >= 0.6 is 15.9 Å². The standard InChI is InChI=1S/C14H19BrN2O/c1-2-10(8-9-6-7-9)17-14(18)11-4-3-5-12(16)13(11)15/h3-5,9-10H,2,6-8,16H2,1H3,(H,17,18). The summed E-state index contributed by atoms with van der Waals surface area (Å²) in [6.07, 6.45) is 4.70. The third-order valence-corrected chi connectivity index (χ3v) is 4.30. The number of hydrogen-bond acceptors (Lipinski definition) is 2. The first-order chi connectivity index (χ1) is 8.61. The van der Waals surface area contributed by atoms with Crippen molar-refractivity contribution < 1.29 is 4.79 Å². The van der Waals surface area contributed by atoms with Gasteiger partial charge in [0.05, 0.1) is 10.0 Å². The second kappa shape index (κ2) is 5.74. The fourth-order valence-corrected chi connectivity index (χ4v) is 2.52. The molecule has 1 aromatic rings. The minimum absolute atomic E-state index is 0.0401. The van der Waals surface area contributed by atoms with E-state index in [0.717, 1.165) is 18.8 Å². The summed E-state index contributed by atoms with van der Waals surface area (Å²) in [5.41, 5.74) is 7.00. The van der Waals surface area contributed by atoms with Crippen LogP contribution in [0.1, 0.15) is 43.0 Å². The lowest BCUT2D eigenvalue weighted by molar-refractivity contribution is 0.0932. The molecule has 0 radical (unpaired) electrons. The van der Waals surface area contributed by atoms with Gasteiger partial charge in [-0.1, -0.05) is 25.8 Å². The molecule has 18 heavy (non-hydrogen) atoms. The Bertz CT molecular complexity index is 443. The smallest absolute Gasteiger partial charge is 0.252 e. The van der Waals surface area contributed by atoms with E-state index < -0.39 is 0 Å². The third-order valence-electron chi connectivity index (χ3n) is 3.42. The van der Waals surface area contributed by atoms with Crippen LogP contribution in [0.2, 0.25) is 0 Å². The fourth-order valence-electron chi connectivity index (χ4n) is 2.07. The number of nitrogen functional groups attached to an aromatic ring is 1. The highest BCUT2D eigenvalue weighted by atomic mass is 79.9. The number of halogens is 1. The predicted octanol–water partition coefficient (Wildman–Crippen LogP) is 3.34. The highest BCUT2D eigenvalue weighted by molar-refractivity contribution is 9.10. The lowest BCUT2D eigenvalue weighted by Gasteiger charge is -2.17. The van der Waals surface area contributed by atoms with Gasteiger partial charge in [0.2, 0.25) is 0 Å². The second-order valence-corrected chi connectivity index (χ2v) is 5.76. The molecule has 98 valence electrons. The van der Waals surface area contributed by atoms with E-state index in [0.29, 0.717) is 15.7 Å². The third kappa shape index (κ3) is 3.25. The Morgan fingerprint density at radius 1 is 1.56 bits per heavy atom. The van der Waals surface area contributed by atoms with Gasteiger partial charge in [0.15, 0.2) is 0 Å². The van der Waals surface area contributed by atoms with Crippen molar-refractivity contribution in [3.8, 4) is 0 Å². The maximum atomic E-state index is 12.2. The van der Waals surface area contributed by atoms with Gasteiger partial charge in [0.1, 0.15) is 0 Å². The topological polar surface area (TPSA) is 55.1 Å². The Morgan fingerprint density at radius 2 is 2.28 bits per heavy atom. The summed E-state index contributed by atoms with van der Waals surface area (Å²) in [6.45, 7) is 2.11. The van der Waals surface area contributed by atoms with Crippen molar-refractivity contribution >= 4 is 27.5 Å². The summed E-state index contributed by atoms with van der Waals surface area (Å²) < 4.78 is 0.684. The van der Waals surface area contributed by atoms with Gasteiger partial charge in [-0.25, -0.2) is 0 Å². The van der Waals surface area contributed by atoms with E-state index in [1.165, 1.54) is 12.8 Å². The van der Waals surface area contributed by atoms with Crippen LogP contribution in [0.3, 0.4) is 0 Å². The Balaban J connectivity index is 2.03. The molecule has 0 heterocycles. The highest BCUT2D eigenvalue weighted by Gasteiger charge is 2.26. The van der Waals surface area contributed by atoms with Crippen LogP contribution in [0, 0.1) is 5.92 Å². The van der Waals surface area contributed by atoms with E-state index in [1.807, 2.05) is 0 Å². The molecular weight excluding hydrogens is 292 g/mol. The molecule has 1 aliphatic carbocycles. The molecule has 0 aromatic heterocycles. The van der Waals surface area contributed by atoms with Crippen LogP contribution in [-0.4, -0.2) is 11.9 Å². The summed E-state index contributed by atoms with van der Waals surface area (Å²) in [4.78, 5) is 12.2. The lowest BCUT2D eigenvalue weighted by Crippen LogP contribution is -2.35. The Morgan fingerprint density at radius 3 is 2.89 bits per heavy atom. The van der Waals surface area contributed by atoms with Crippen molar-refractivity contribution in [3.05, 3.63) is 28.2 Å². The first-order valence-corrected chi connectivity index (χ1v) is 7.26. The summed E-state index contributed by atoms with van der Waals surface area (Å²) in [5, 5.41) is 3.10. The summed E-state index contributed by atoms with van der Waals surface area (Å²) in [6, 6.07) is 5.65. The predicted molar refractivity (Wildman–Crippen MR) is 77.4 cm³/mol. The Labute approximate surface area is 116 Å². The number of anilines is 1. The van der Waals surface area contributed by atoms with Gasteiger partial charge in [-0.05, 0) is 46.8 Å². The summed E-state index contributed by atoms with van der Waals surface area (Å²) >= 11 is 3.37. The number of amides is 1. The second-order valence-electron chi connectivity index (χ2n) is 4.97. The van der Waals surface area contributed by atoms with Crippen molar-refractivity contribution in [2.24, 2.45) is 5.92 Å². The molecular formula is C14H19BrN2O. The lowest BCUT2D eigenvalue weighted by atomic mass is 10.1. The molecule has 1 aromatic carbocycles. The normalized spacial score (nSPS) is 16.3. The average Bonchev–Trinajstić information content (AvgIpc) is 3.15. The summed E-state index contributed by atoms with van der Waals surface area (Å²) in [7, 11) is 0. The molecule has 4 heteroatoms. The molecule has 2 rings (SSSR count). The number of hydrogen-bond donors (Lipinski definition) is 2. The molecule has 0 saturated heterocycles. The fraction of sp³-hybridized carbons (Fsp3) is 0.500. The monoisotopic (exact) mass is 310 g/mol. The quantitative estimate of drug-likeness (QED) is 0.820. The van der Waals surface area contributed by atoms with Gasteiger partial charge in [-0.3, -0.25) is 4.79 Å². The van der Waals surface area contributed by atoms with Gasteiger partial charge >= 0.3 is 0 Å². The van der Waals surface area contributed by atoms with Gasteiger partial charge in [-0.2, -0.15) is 0 Å². The molecule has 3 N–H and O–H groups in total. The van der Waals surface area contributed by atoms with Crippen molar-refractivity contribution in [1.82, 2.24) is 5.32 Å². The van der Waals surface area contributed by atoms with Crippen LogP contribution < -0.4 is 11.1 Å². The molecule has 3 nitrogen and oxygen atoms in total. The van der Waals surface area contributed by atoms with E-state index in [-0.39, 0.29) is 11.9 Å². The molecule has 0 aliphatic heterocycles.